The standard InChI is InChI=1S/C18H29NO2/c1-7-10-20-15-11-13(2)8-9-14(15)19-16-12-17(3,4)21-18(16,5)6/h8-9,11,16,19H,7,10,12H2,1-6H3. The maximum atomic E-state index is 6.16. The first-order chi connectivity index (χ1) is 9.73. The van der Waals surface area contributed by atoms with E-state index >= 15 is 0 Å². The third-order valence-electron chi connectivity index (χ3n) is 4.00. The van der Waals surface area contributed by atoms with Crippen molar-refractivity contribution in [2.24, 2.45) is 0 Å². The van der Waals surface area contributed by atoms with Crippen LogP contribution in [0.2, 0.25) is 0 Å². The summed E-state index contributed by atoms with van der Waals surface area (Å²) in [5.41, 5.74) is 2.01. The van der Waals surface area contributed by atoms with Crippen molar-refractivity contribution in [3.8, 4) is 5.75 Å². The van der Waals surface area contributed by atoms with E-state index < -0.39 is 0 Å². The van der Waals surface area contributed by atoms with Gasteiger partial charge in [0.1, 0.15) is 5.75 Å². The summed E-state index contributed by atoms with van der Waals surface area (Å²) in [5, 5.41) is 3.64. The second-order valence-electron chi connectivity index (χ2n) is 7.21. The Balaban J connectivity index is 2.19. The van der Waals surface area contributed by atoms with Crippen molar-refractivity contribution in [3.05, 3.63) is 23.8 Å². The third-order valence-corrected chi connectivity index (χ3v) is 4.00. The number of nitrogens with one attached hydrogen (secondary N) is 1. The molecule has 1 unspecified atom stereocenters. The van der Waals surface area contributed by atoms with Gasteiger partial charge in [0.05, 0.1) is 29.5 Å². The van der Waals surface area contributed by atoms with E-state index in [0.29, 0.717) is 0 Å². The first-order valence-corrected chi connectivity index (χ1v) is 7.94. The average Bonchev–Trinajstić information content (AvgIpc) is 2.57. The number of benzene rings is 1. The number of anilines is 1. The highest BCUT2D eigenvalue weighted by atomic mass is 16.5. The highest BCUT2D eigenvalue weighted by molar-refractivity contribution is 5.58. The van der Waals surface area contributed by atoms with Crippen LogP contribution < -0.4 is 10.1 Å². The summed E-state index contributed by atoms with van der Waals surface area (Å²) < 4.78 is 12.1. The van der Waals surface area contributed by atoms with Crippen LogP contribution in [0.3, 0.4) is 0 Å². The first-order valence-electron chi connectivity index (χ1n) is 7.94. The predicted octanol–water partition coefficient (Wildman–Crippen LogP) is 4.54. The molecule has 0 aliphatic carbocycles. The van der Waals surface area contributed by atoms with Gasteiger partial charge in [0.15, 0.2) is 0 Å². The van der Waals surface area contributed by atoms with E-state index in [1.165, 1.54) is 5.56 Å². The Morgan fingerprint density at radius 2 is 2.00 bits per heavy atom. The molecule has 0 amide bonds. The molecule has 1 N–H and O–H groups in total. The fraction of sp³-hybridized carbons (Fsp3) is 0.667. The van der Waals surface area contributed by atoms with Crippen LogP contribution in [-0.2, 0) is 4.74 Å². The zero-order chi connectivity index (χ0) is 15.7. The minimum atomic E-state index is -0.184. The summed E-state index contributed by atoms with van der Waals surface area (Å²) >= 11 is 0. The summed E-state index contributed by atoms with van der Waals surface area (Å²) in [5.74, 6) is 0.942. The minimum Gasteiger partial charge on any atom is -0.491 e. The van der Waals surface area contributed by atoms with Gasteiger partial charge in [-0.2, -0.15) is 0 Å². The van der Waals surface area contributed by atoms with Gasteiger partial charge >= 0.3 is 0 Å². The molecule has 1 aromatic carbocycles. The topological polar surface area (TPSA) is 30.5 Å². The summed E-state index contributed by atoms with van der Waals surface area (Å²) in [7, 11) is 0. The van der Waals surface area contributed by atoms with Crippen molar-refractivity contribution in [1.82, 2.24) is 0 Å². The van der Waals surface area contributed by atoms with Gasteiger partial charge in [0, 0.05) is 0 Å². The lowest BCUT2D eigenvalue weighted by molar-refractivity contribution is -0.0662. The molecule has 3 nitrogen and oxygen atoms in total. The molecule has 0 saturated carbocycles. The zero-order valence-electron chi connectivity index (χ0n) is 14.2. The maximum absolute atomic E-state index is 6.16. The fourth-order valence-electron chi connectivity index (χ4n) is 3.06. The Bertz CT molecular complexity index is 494. The van der Waals surface area contributed by atoms with E-state index in [1.807, 2.05) is 0 Å². The Morgan fingerprint density at radius 3 is 2.57 bits per heavy atom. The smallest absolute Gasteiger partial charge is 0.142 e. The van der Waals surface area contributed by atoms with Crippen LogP contribution in [0.25, 0.3) is 0 Å². The van der Waals surface area contributed by atoms with Crippen molar-refractivity contribution < 1.29 is 9.47 Å². The lowest BCUT2D eigenvalue weighted by atomic mass is 9.94. The molecule has 0 bridgehead atoms. The highest BCUT2D eigenvalue weighted by Crippen LogP contribution is 2.40. The molecule has 2 rings (SSSR count). The lowest BCUT2D eigenvalue weighted by Crippen LogP contribution is -2.38. The van der Waals surface area contributed by atoms with E-state index in [4.69, 9.17) is 9.47 Å². The van der Waals surface area contributed by atoms with E-state index in [0.717, 1.165) is 30.9 Å². The van der Waals surface area contributed by atoms with Gasteiger partial charge in [-0.25, -0.2) is 0 Å². The number of rotatable bonds is 5. The predicted molar refractivity (Wildman–Crippen MR) is 88.2 cm³/mol. The molecule has 0 radical (unpaired) electrons. The van der Waals surface area contributed by atoms with Gasteiger partial charge in [-0.1, -0.05) is 13.0 Å². The van der Waals surface area contributed by atoms with Crippen molar-refractivity contribution in [2.45, 2.75) is 71.6 Å². The van der Waals surface area contributed by atoms with Crippen LogP contribution in [0.1, 0.15) is 53.0 Å². The van der Waals surface area contributed by atoms with Gasteiger partial charge in [0.2, 0.25) is 0 Å². The number of ether oxygens (including phenoxy) is 2. The van der Waals surface area contributed by atoms with Gasteiger partial charge in [-0.05, 0) is 65.2 Å². The molecule has 21 heavy (non-hydrogen) atoms. The molecule has 1 heterocycles. The molecule has 1 aliphatic rings. The van der Waals surface area contributed by atoms with Crippen LogP contribution in [0.15, 0.2) is 18.2 Å². The summed E-state index contributed by atoms with van der Waals surface area (Å²) in [6, 6.07) is 6.61. The van der Waals surface area contributed by atoms with Crippen LogP contribution >= 0.6 is 0 Å². The second-order valence-corrected chi connectivity index (χ2v) is 7.21. The molecule has 1 fully saturated rings. The molecule has 0 aromatic heterocycles. The number of hydrogen-bond donors (Lipinski definition) is 1. The molecule has 0 spiro atoms. The van der Waals surface area contributed by atoms with Gasteiger partial charge in [0.25, 0.3) is 0 Å². The van der Waals surface area contributed by atoms with Crippen LogP contribution in [0, 0.1) is 6.92 Å². The first kappa shape index (κ1) is 16.2. The summed E-state index contributed by atoms with van der Waals surface area (Å²) in [6.45, 7) is 13.6. The average molecular weight is 291 g/mol. The minimum absolute atomic E-state index is 0.0870. The van der Waals surface area contributed by atoms with Crippen LogP contribution in [0.5, 0.6) is 5.75 Å². The largest absolute Gasteiger partial charge is 0.491 e. The van der Waals surface area contributed by atoms with E-state index in [1.54, 1.807) is 0 Å². The molecular weight excluding hydrogens is 262 g/mol. The zero-order valence-corrected chi connectivity index (χ0v) is 14.2. The maximum Gasteiger partial charge on any atom is 0.142 e. The Kier molecular flexibility index (Phi) is 4.52. The summed E-state index contributed by atoms with van der Waals surface area (Å²) in [6.07, 6.45) is 2.00. The quantitative estimate of drug-likeness (QED) is 0.864. The number of aryl methyl sites for hydroxylation is 1. The molecule has 1 aromatic rings. The molecule has 1 atom stereocenters. The van der Waals surface area contributed by atoms with Gasteiger partial charge in [-0.15, -0.1) is 0 Å². The van der Waals surface area contributed by atoms with Gasteiger partial charge < -0.3 is 14.8 Å². The van der Waals surface area contributed by atoms with Crippen LogP contribution in [0.4, 0.5) is 5.69 Å². The fourth-order valence-corrected chi connectivity index (χ4v) is 3.06. The van der Waals surface area contributed by atoms with E-state index in [2.05, 4.69) is 65.1 Å². The van der Waals surface area contributed by atoms with Crippen molar-refractivity contribution >= 4 is 5.69 Å². The lowest BCUT2D eigenvalue weighted by Gasteiger charge is -2.29. The molecule has 118 valence electrons. The molecule has 1 aliphatic heterocycles. The van der Waals surface area contributed by atoms with Crippen molar-refractivity contribution in [3.63, 3.8) is 0 Å². The van der Waals surface area contributed by atoms with E-state index in [9.17, 15) is 0 Å². The highest BCUT2D eigenvalue weighted by Gasteiger charge is 2.46. The second kappa shape index (κ2) is 5.88. The molecule has 1 saturated heterocycles. The number of hydrogen-bond acceptors (Lipinski definition) is 3. The van der Waals surface area contributed by atoms with Crippen molar-refractivity contribution in [2.75, 3.05) is 11.9 Å². The monoisotopic (exact) mass is 291 g/mol. The van der Waals surface area contributed by atoms with E-state index in [-0.39, 0.29) is 17.2 Å². The van der Waals surface area contributed by atoms with Gasteiger partial charge in [-0.3, -0.25) is 0 Å². The Labute approximate surface area is 129 Å². The summed E-state index contributed by atoms with van der Waals surface area (Å²) in [4.78, 5) is 0. The Hall–Kier alpha value is -1.22. The van der Waals surface area contributed by atoms with Crippen molar-refractivity contribution in [1.29, 1.82) is 0 Å². The van der Waals surface area contributed by atoms with Crippen LogP contribution in [-0.4, -0.2) is 23.9 Å². The molecular formula is C18H29NO2. The molecule has 3 heteroatoms. The normalized spacial score (nSPS) is 23.0. The SMILES string of the molecule is CCCOc1cc(C)ccc1NC1CC(C)(C)OC1(C)C. The Morgan fingerprint density at radius 1 is 1.29 bits per heavy atom. The third kappa shape index (κ3) is 3.91.